The lowest BCUT2D eigenvalue weighted by atomic mass is 9.67. The molecule has 13 rings (SSSR count). The van der Waals surface area contributed by atoms with Crippen LogP contribution in [0.5, 0.6) is 0 Å². The van der Waals surface area contributed by atoms with Gasteiger partial charge in [-0.25, -0.2) is 0 Å². The third kappa shape index (κ3) is 6.14. The summed E-state index contributed by atoms with van der Waals surface area (Å²) in [6.45, 7) is 0. The molecule has 4 heteroatoms. The summed E-state index contributed by atoms with van der Waals surface area (Å²) in [5.74, 6) is 1.15. The van der Waals surface area contributed by atoms with E-state index in [9.17, 15) is 0 Å². The molecule has 2 heterocycles. The Morgan fingerprint density at radius 2 is 0.925 bits per heavy atom. The van der Waals surface area contributed by atoms with E-state index in [1.54, 1.807) is 0 Å². The second-order valence-corrected chi connectivity index (χ2v) is 18.3. The number of benzene rings is 10. The molecule has 1 aliphatic heterocycles. The molecule has 0 saturated heterocycles. The molecular formula is C63H43N3S. The van der Waals surface area contributed by atoms with Gasteiger partial charge in [0.15, 0.2) is 0 Å². The summed E-state index contributed by atoms with van der Waals surface area (Å²) in [6.07, 6.45) is 0. The lowest BCUT2D eigenvalue weighted by Crippen LogP contribution is -2.28. The molecule has 0 amide bonds. The topological polar surface area (TPSA) is 11.4 Å². The van der Waals surface area contributed by atoms with Crippen molar-refractivity contribution in [1.82, 2.24) is 4.57 Å². The zero-order chi connectivity index (χ0) is 44.3. The first-order chi connectivity index (χ1) is 33.3. The van der Waals surface area contributed by atoms with Gasteiger partial charge in [0, 0.05) is 38.7 Å². The van der Waals surface area contributed by atoms with E-state index in [2.05, 4.69) is 275 Å². The first kappa shape index (κ1) is 39.1. The van der Waals surface area contributed by atoms with E-state index < -0.39 is 5.41 Å². The second kappa shape index (κ2) is 16.0. The van der Waals surface area contributed by atoms with Crippen LogP contribution in [0.15, 0.2) is 271 Å². The molecule has 0 fully saturated rings. The minimum atomic E-state index is -0.512. The van der Waals surface area contributed by atoms with E-state index in [-0.39, 0.29) is 0 Å². The molecule has 10 aromatic carbocycles. The van der Waals surface area contributed by atoms with Crippen molar-refractivity contribution in [3.05, 3.63) is 283 Å². The Labute approximate surface area is 395 Å². The molecule has 11 aromatic rings. The van der Waals surface area contributed by atoms with Crippen LogP contribution in [0.1, 0.15) is 22.3 Å². The summed E-state index contributed by atoms with van der Waals surface area (Å²) in [7, 11) is 0. The van der Waals surface area contributed by atoms with Gasteiger partial charge >= 0.3 is 0 Å². The van der Waals surface area contributed by atoms with Gasteiger partial charge in [0.2, 0.25) is 0 Å². The van der Waals surface area contributed by atoms with Crippen LogP contribution in [0.25, 0.3) is 38.8 Å². The lowest BCUT2D eigenvalue weighted by Gasteiger charge is -2.35. The fraction of sp³-hybridized carbons (Fsp3) is 0.0159. The number of para-hydroxylation sites is 4. The number of aromatic nitrogens is 1. The summed E-state index contributed by atoms with van der Waals surface area (Å²) in [6, 6.07) is 95.4. The lowest BCUT2D eigenvalue weighted by molar-refractivity contribution is 0.768. The van der Waals surface area contributed by atoms with Gasteiger partial charge in [-0.15, -0.1) is 0 Å². The van der Waals surface area contributed by atoms with Crippen LogP contribution in [0.3, 0.4) is 0 Å². The van der Waals surface area contributed by atoms with Crippen molar-refractivity contribution in [2.75, 3.05) is 9.80 Å². The number of hydrogen-bond acceptors (Lipinski definition) is 3. The van der Waals surface area contributed by atoms with Gasteiger partial charge in [0.1, 0.15) is 5.82 Å². The van der Waals surface area contributed by atoms with Crippen molar-refractivity contribution < 1.29 is 0 Å². The van der Waals surface area contributed by atoms with Crippen molar-refractivity contribution in [1.29, 1.82) is 0 Å². The van der Waals surface area contributed by atoms with E-state index >= 15 is 0 Å². The van der Waals surface area contributed by atoms with Crippen molar-refractivity contribution in [3.63, 3.8) is 0 Å². The van der Waals surface area contributed by atoms with Crippen molar-refractivity contribution >= 4 is 56.9 Å². The maximum atomic E-state index is 2.46. The Balaban J connectivity index is 0.999. The highest BCUT2D eigenvalue weighted by Gasteiger charge is 2.46. The number of anilines is 6. The van der Waals surface area contributed by atoms with Crippen LogP contribution in [-0.4, -0.2) is 4.57 Å². The van der Waals surface area contributed by atoms with Crippen molar-refractivity contribution in [2.45, 2.75) is 15.2 Å². The maximum Gasteiger partial charge on any atom is 0.137 e. The maximum absolute atomic E-state index is 2.46. The summed E-state index contributed by atoms with van der Waals surface area (Å²) in [4.78, 5) is 7.36. The van der Waals surface area contributed by atoms with Crippen LogP contribution in [0, 0.1) is 0 Å². The minimum Gasteiger partial charge on any atom is -0.310 e. The zero-order valence-electron chi connectivity index (χ0n) is 36.6. The second-order valence-electron chi connectivity index (χ2n) is 17.2. The molecule has 67 heavy (non-hydrogen) atoms. The monoisotopic (exact) mass is 873 g/mol. The van der Waals surface area contributed by atoms with E-state index in [0.29, 0.717) is 0 Å². The predicted molar refractivity (Wildman–Crippen MR) is 280 cm³/mol. The van der Waals surface area contributed by atoms with E-state index in [1.807, 2.05) is 11.8 Å². The number of rotatable bonds is 8. The average Bonchev–Trinajstić information content (AvgIpc) is 3.89. The van der Waals surface area contributed by atoms with E-state index in [4.69, 9.17) is 0 Å². The van der Waals surface area contributed by atoms with Gasteiger partial charge < -0.3 is 4.90 Å². The van der Waals surface area contributed by atoms with Gasteiger partial charge in [-0.3, -0.25) is 9.47 Å². The molecule has 2 aliphatic rings. The first-order valence-electron chi connectivity index (χ1n) is 22.9. The normalized spacial score (nSPS) is 13.1. The molecule has 0 atom stereocenters. The fourth-order valence-corrected chi connectivity index (χ4v) is 12.2. The highest BCUT2D eigenvalue weighted by molar-refractivity contribution is 8.00. The summed E-state index contributed by atoms with van der Waals surface area (Å²) in [5.41, 5.74) is 17.3. The quantitative estimate of drug-likeness (QED) is 0.151. The largest absolute Gasteiger partial charge is 0.310 e. The highest BCUT2D eigenvalue weighted by Crippen LogP contribution is 2.59. The van der Waals surface area contributed by atoms with Crippen molar-refractivity contribution in [3.8, 4) is 27.9 Å². The molecule has 0 spiro atoms. The SMILES string of the molecule is c1ccc(N(c2cccc(-c3cccc4c3Sc3c(n(-c5ccccc5)c5ccccc35)N4c3ccccc3)c2)c2ccc3c(c2)C(c2ccccc2)(c2ccccc2)c2ccccc2-3)cc1. The summed E-state index contributed by atoms with van der Waals surface area (Å²) in [5, 5.41) is 1.23. The van der Waals surface area contributed by atoms with Crippen LogP contribution >= 0.6 is 11.8 Å². The highest BCUT2D eigenvalue weighted by atomic mass is 32.2. The zero-order valence-corrected chi connectivity index (χ0v) is 37.4. The molecule has 0 radical (unpaired) electrons. The fourth-order valence-electron chi connectivity index (χ4n) is 10.8. The van der Waals surface area contributed by atoms with Gasteiger partial charge in [-0.1, -0.05) is 200 Å². The molecule has 1 aliphatic carbocycles. The van der Waals surface area contributed by atoms with Gasteiger partial charge in [0.25, 0.3) is 0 Å². The third-order valence-corrected chi connectivity index (χ3v) is 14.9. The average molecular weight is 874 g/mol. The first-order valence-corrected chi connectivity index (χ1v) is 23.7. The van der Waals surface area contributed by atoms with E-state index in [0.717, 1.165) is 45.5 Å². The Bertz CT molecular complexity index is 3570. The summed E-state index contributed by atoms with van der Waals surface area (Å²) < 4.78 is 2.43. The molecular weight excluding hydrogens is 831 g/mol. The van der Waals surface area contributed by atoms with E-state index in [1.165, 1.54) is 59.6 Å². The smallest absolute Gasteiger partial charge is 0.137 e. The molecule has 0 N–H and O–H groups in total. The molecule has 0 saturated carbocycles. The molecule has 1 aromatic heterocycles. The third-order valence-electron chi connectivity index (χ3n) is 13.6. The molecule has 316 valence electrons. The number of nitrogens with zero attached hydrogens (tertiary/aromatic N) is 3. The minimum absolute atomic E-state index is 0.512. The van der Waals surface area contributed by atoms with Crippen LogP contribution < -0.4 is 9.80 Å². The molecule has 3 nitrogen and oxygen atoms in total. The predicted octanol–water partition coefficient (Wildman–Crippen LogP) is 17.1. The number of hydrogen-bond donors (Lipinski definition) is 0. The van der Waals surface area contributed by atoms with Crippen LogP contribution in [0.4, 0.5) is 34.3 Å². The summed E-state index contributed by atoms with van der Waals surface area (Å²) >= 11 is 1.88. The Morgan fingerprint density at radius 3 is 1.66 bits per heavy atom. The Morgan fingerprint density at radius 1 is 0.373 bits per heavy atom. The molecule has 0 bridgehead atoms. The van der Waals surface area contributed by atoms with Gasteiger partial charge in [-0.2, -0.15) is 0 Å². The Kier molecular flexibility index (Phi) is 9.33. The van der Waals surface area contributed by atoms with Crippen LogP contribution in [-0.2, 0) is 5.41 Å². The van der Waals surface area contributed by atoms with Gasteiger partial charge in [0.05, 0.1) is 21.5 Å². The van der Waals surface area contributed by atoms with Gasteiger partial charge in [-0.05, 0) is 117 Å². The Hall–Kier alpha value is -8.31. The van der Waals surface area contributed by atoms with Crippen molar-refractivity contribution in [2.24, 2.45) is 0 Å². The molecule has 0 unspecified atom stereocenters. The van der Waals surface area contributed by atoms with Crippen LogP contribution in [0.2, 0.25) is 0 Å². The standard InChI is InChI=1S/C63H43N3S/c1-6-23-45(24-7-1)63(46-25-8-2-9-26-46)56-37-18-16-34-53(56)54-41-40-51(43-57(54)63)64(47-27-10-3-11-28-47)50-33-20-22-44(42-50)52-36-21-39-59-60(52)67-61-55-35-17-19-38-58(55)65(48-29-12-4-13-30-48)62(61)66(59)49-31-14-5-15-32-49/h1-43H. The number of fused-ring (bicyclic) bond motifs is 7.